The van der Waals surface area contributed by atoms with E-state index in [1.54, 1.807) is 14.0 Å². The van der Waals surface area contributed by atoms with Gasteiger partial charge in [-0.05, 0) is 32.6 Å². The van der Waals surface area contributed by atoms with Gasteiger partial charge in [-0.25, -0.2) is 0 Å². The van der Waals surface area contributed by atoms with E-state index in [1.165, 1.54) is 0 Å². The van der Waals surface area contributed by atoms with E-state index in [2.05, 4.69) is 0 Å². The third-order valence-corrected chi connectivity index (χ3v) is 2.63. The first kappa shape index (κ1) is 15.6. The molecule has 1 N–H and O–H groups in total. The average molecular weight is 230 g/mol. The van der Waals surface area contributed by atoms with Crippen molar-refractivity contribution in [2.45, 2.75) is 64.4 Å². The summed E-state index contributed by atoms with van der Waals surface area (Å²) in [6, 6.07) is 0. The fraction of sp³-hybridized carbons (Fsp3) is 0.923. The van der Waals surface area contributed by atoms with Gasteiger partial charge in [-0.1, -0.05) is 12.8 Å². The third-order valence-electron chi connectivity index (χ3n) is 2.63. The molecule has 3 nitrogen and oxygen atoms in total. The van der Waals surface area contributed by atoms with E-state index < -0.39 is 0 Å². The summed E-state index contributed by atoms with van der Waals surface area (Å²) in [6.45, 7) is 2.56. The summed E-state index contributed by atoms with van der Waals surface area (Å²) < 4.78 is 4.92. The number of aliphatic hydroxyl groups excluding tert-OH is 1. The number of ether oxygens (including phenoxy) is 1. The van der Waals surface area contributed by atoms with Crippen molar-refractivity contribution in [3.63, 3.8) is 0 Å². The number of carbonyl (C=O) groups excluding carboxylic acids is 1. The van der Waals surface area contributed by atoms with E-state index >= 15 is 0 Å². The number of unbranched alkanes of at least 4 members (excludes halogenated alkanes) is 3. The van der Waals surface area contributed by atoms with Gasteiger partial charge < -0.3 is 9.84 Å². The zero-order chi connectivity index (χ0) is 12.2. The minimum Gasteiger partial charge on any atom is -0.393 e. The second-order valence-corrected chi connectivity index (χ2v) is 4.44. The second kappa shape index (κ2) is 11.1. The van der Waals surface area contributed by atoms with Crippen molar-refractivity contribution in [3.05, 3.63) is 0 Å². The number of hydrogen-bond donors (Lipinski definition) is 1. The Morgan fingerprint density at radius 1 is 1.12 bits per heavy atom. The largest absolute Gasteiger partial charge is 0.393 e. The zero-order valence-electron chi connectivity index (χ0n) is 10.7. The fourth-order valence-electron chi connectivity index (χ4n) is 1.63. The number of hydrogen-bond acceptors (Lipinski definition) is 3. The molecule has 0 amide bonds. The fourth-order valence-corrected chi connectivity index (χ4v) is 1.63. The van der Waals surface area contributed by atoms with Gasteiger partial charge in [-0.2, -0.15) is 0 Å². The Morgan fingerprint density at radius 3 is 2.31 bits per heavy atom. The van der Waals surface area contributed by atoms with Gasteiger partial charge in [-0.15, -0.1) is 0 Å². The summed E-state index contributed by atoms with van der Waals surface area (Å²) in [5.74, 6) is 0.369. The first-order valence-corrected chi connectivity index (χ1v) is 6.35. The molecule has 0 spiro atoms. The van der Waals surface area contributed by atoms with Crippen LogP contribution >= 0.6 is 0 Å². The van der Waals surface area contributed by atoms with Crippen LogP contribution in [0.1, 0.15) is 58.3 Å². The van der Waals surface area contributed by atoms with Crippen LogP contribution in [0.15, 0.2) is 0 Å². The smallest absolute Gasteiger partial charge is 0.132 e. The predicted molar refractivity (Wildman–Crippen MR) is 65.5 cm³/mol. The monoisotopic (exact) mass is 230 g/mol. The predicted octanol–water partition coefficient (Wildman–Crippen LogP) is 2.70. The molecule has 0 radical (unpaired) electrons. The highest BCUT2D eigenvalue weighted by molar-refractivity contribution is 5.78. The quantitative estimate of drug-likeness (QED) is 0.555. The molecule has 0 fully saturated rings. The van der Waals surface area contributed by atoms with Gasteiger partial charge in [0.05, 0.1) is 6.10 Å². The van der Waals surface area contributed by atoms with Gasteiger partial charge >= 0.3 is 0 Å². The van der Waals surface area contributed by atoms with Gasteiger partial charge in [0, 0.05) is 26.6 Å². The van der Waals surface area contributed by atoms with Crippen molar-refractivity contribution in [3.8, 4) is 0 Å². The topological polar surface area (TPSA) is 46.5 Å². The highest BCUT2D eigenvalue weighted by Gasteiger charge is 2.02. The molecule has 0 aromatic carbocycles. The van der Waals surface area contributed by atoms with E-state index in [9.17, 15) is 4.79 Å². The molecule has 0 aliphatic rings. The summed E-state index contributed by atoms with van der Waals surface area (Å²) in [6.07, 6.45) is 7.00. The molecule has 3 heteroatoms. The number of ketones is 1. The van der Waals surface area contributed by atoms with Gasteiger partial charge in [0.1, 0.15) is 5.78 Å². The Labute approximate surface area is 99.2 Å². The third kappa shape index (κ3) is 11.7. The van der Waals surface area contributed by atoms with E-state index in [4.69, 9.17) is 9.84 Å². The van der Waals surface area contributed by atoms with Gasteiger partial charge in [0.15, 0.2) is 0 Å². The summed E-state index contributed by atoms with van der Waals surface area (Å²) >= 11 is 0. The summed E-state index contributed by atoms with van der Waals surface area (Å²) in [7, 11) is 1.68. The molecule has 1 unspecified atom stereocenters. The number of carbonyl (C=O) groups is 1. The van der Waals surface area contributed by atoms with Crippen LogP contribution in [0.3, 0.4) is 0 Å². The van der Waals surface area contributed by atoms with E-state index in [0.29, 0.717) is 18.6 Å². The highest BCUT2D eigenvalue weighted by Crippen LogP contribution is 2.08. The normalized spacial score (nSPS) is 12.7. The van der Waals surface area contributed by atoms with Crippen molar-refractivity contribution in [1.82, 2.24) is 0 Å². The van der Waals surface area contributed by atoms with Crippen molar-refractivity contribution in [2.24, 2.45) is 0 Å². The first-order valence-electron chi connectivity index (χ1n) is 6.35. The maximum Gasteiger partial charge on any atom is 0.132 e. The van der Waals surface area contributed by atoms with Crippen molar-refractivity contribution < 1.29 is 14.6 Å². The summed E-state index contributed by atoms with van der Waals surface area (Å²) in [5.41, 5.74) is 0. The van der Waals surface area contributed by atoms with Gasteiger partial charge in [0.25, 0.3) is 0 Å². The number of aliphatic hydroxyl groups is 1. The van der Waals surface area contributed by atoms with Crippen molar-refractivity contribution in [2.75, 3.05) is 13.7 Å². The van der Waals surface area contributed by atoms with Crippen LogP contribution in [-0.2, 0) is 9.53 Å². The Kier molecular flexibility index (Phi) is 10.8. The molecule has 0 saturated carbocycles. The number of rotatable bonds is 11. The molecule has 0 aliphatic carbocycles. The molecule has 96 valence electrons. The molecule has 0 heterocycles. The van der Waals surface area contributed by atoms with Crippen LogP contribution in [0.5, 0.6) is 0 Å². The molecular formula is C13H26O3. The Morgan fingerprint density at radius 2 is 1.75 bits per heavy atom. The summed E-state index contributed by atoms with van der Waals surface area (Å²) in [5, 5.41) is 9.05. The van der Waals surface area contributed by atoms with E-state index in [0.717, 1.165) is 45.1 Å². The minimum absolute atomic E-state index is 0.204. The molecular weight excluding hydrogens is 204 g/mol. The van der Waals surface area contributed by atoms with Crippen LogP contribution < -0.4 is 0 Å². The second-order valence-electron chi connectivity index (χ2n) is 4.44. The molecule has 0 bridgehead atoms. The van der Waals surface area contributed by atoms with E-state index in [1.807, 2.05) is 0 Å². The highest BCUT2D eigenvalue weighted by atomic mass is 16.5. The van der Waals surface area contributed by atoms with Crippen LogP contribution in [-0.4, -0.2) is 30.7 Å². The lowest BCUT2D eigenvalue weighted by Gasteiger charge is -2.03. The standard InChI is InChI=1S/C13H26O3/c1-12(14)8-4-3-5-9-13(15)10-6-7-11-16-2/h12,14H,3-11H2,1-2H3. The van der Waals surface area contributed by atoms with Crippen molar-refractivity contribution >= 4 is 5.78 Å². The van der Waals surface area contributed by atoms with Crippen LogP contribution in [0.4, 0.5) is 0 Å². The molecule has 1 atom stereocenters. The SMILES string of the molecule is COCCCCC(=O)CCCCCC(C)O. The Bertz CT molecular complexity index is 167. The number of Topliss-reactive ketones (excluding diaryl/α,β-unsaturated/α-hetero) is 1. The zero-order valence-corrected chi connectivity index (χ0v) is 10.7. The van der Waals surface area contributed by atoms with Crippen LogP contribution in [0.25, 0.3) is 0 Å². The lowest BCUT2D eigenvalue weighted by Crippen LogP contribution is -2.01. The van der Waals surface area contributed by atoms with Gasteiger partial charge in [-0.3, -0.25) is 4.79 Å². The summed E-state index contributed by atoms with van der Waals surface area (Å²) in [4.78, 5) is 11.4. The molecule has 0 aromatic rings. The average Bonchev–Trinajstić information content (AvgIpc) is 2.23. The Hall–Kier alpha value is -0.410. The lowest BCUT2D eigenvalue weighted by molar-refractivity contribution is -0.119. The Balaban J connectivity index is 3.17. The van der Waals surface area contributed by atoms with Crippen LogP contribution in [0.2, 0.25) is 0 Å². The maximum absolute atomic E-state index is 11.4. The van der Waals surface area contributed by atoms with E-state index in [-0.39, 0.29) is 6.10 Å². The molecule has 0 aliphatic heterocycles. The molecule has 0 rings (SSSR count). The van der Waals surface area contributed by atoms with Crippen molar-refractivity contribution in [1.29, 1.82) is 0 Å². The van der Waals surface area contributed by atoms with Gasteiger partial charge in [0.2, 0.25) is 0 Å². The first-order chi connectivity index (χ1) is 7.66. The maximum atomic E-state index is 11.4. The lowest BCUT2D eigenvalue weighted by atomic mass is 10.1. The van der Waals surface area contributed by atoms with Crippen LogP contribution in [0, 0.1) is 0 Å². The molecule has 16 heavy (non-hydrogen) atoms. The molecule has 0 saturated heterocycles. The minimum atomic E-state index is -0.204. The molecule has 0 aromatic heterocycles. The number of methoxy groups -OCH3 is 1.